The number of ether oxygens (including phenoxy) is 1. The van der Waals surface area contributed by atoms with E-state index in [1.807, 2.05) is 30.3 Å². The van der Waals surface area contributed by atoms with Crippen LogP contribution in [0.5, 0.6) is 0 Å². The topological polar surface area (TPSA) is 53.6 Å². The minimum atomic E-state index is -0.181. The highest BCUT2D eigenvalue weighted by molar-refractivity contribution is 5.89. The summed E-state index contributed by atoms with van der Waals surface area (Å²) in [5, 5.41) is 5.90. The Labute approximate surface area is 155 Å². The van der Waals surface area contributed by atoms with Gasteiger partial charge in [0.2, 0.25) is 0 Å². The van der Waals surface area contributed by atoms with E-state index in [2.05, 4.69) is 46.7 Å². The van der Waals surface area contributed by atoms with Gasteiger partial charge in [-0.1, -0.05) is 49.4 Å². The average molecular weight is 353 g/mol. The lowest BCUT2D eigenvalue weighted by atomic mass is 10.0. The number of nitrogens with one attached hydrogen (secondary N) is 2. The van der Waals surface area contributed by atoms with E-state index in [9.17, 15) is 4.79 Å². The third kappa shape index (κ3) is 5.07. The van der Waals surface area contributed by atoms with E-state index in [0.29, 0.717) is 6.54 Å². The minimum absolute atomic E-state index is 0.145. The molecule has 0 aromatic heterocycles. The molecule has 2 aromatic carbocycles. The summed E-state index contributed by atoms with van der Waals surface area (Å²) in [5.41, 5.74) is 3.34. The third-order valence-electron chi connectivity index (χ3n) is 4.75. The third-order valence-corrected chi connectivity index (χ3v) is 4.75. The molecule has 1 aliphatic heterocycles. The molecule has 2 aromatic rings. The number of hydrogen-bond acceptors (Lipinski definition) is 3. The second-order valence-corrected chi connectivity index (χ2v) is 6.46. The van der Waals surface area contributed by atoms with Crippen LogP contribution in [0.4, 0.5) is 10.5 Å². The van der Waals surface area contributed by atoms with Crippen molar-refractivity contribution in [1.82, 2.24) is 10.2 Å². The SMILES string of the molecule is CCc1ccc(C(CNC(=O)Nc2ccccc2)N2CCOCC2)cc1. The summed E-state index contributed by atoms with van der Waals surface area (Å²) in [6.45, 7) is 5.94. The molecule has 5 heteroatoms. The van der Waals surface area contributed by atoms with Crippen LogP contribution in [0, 0.1) is 0 Å². The highest BCUT2D eigenvalue weighted by Crippen LogP contribution is 2.22. The Morgan fingerprint density at radius 3 is 2.42 bits per heavy atom. The zero-order valence-electron chi connectivity index (χ0n) is 15.3. The summed E-state index contributed by atoms with van der Waals surface area (Å²) < 4.78 is 5.49. The summed E-state index contributed by atoms with van der Waals surface area (Å²) in [6.07, 6.45) is 1.03. The van der Waals surface area contributed by atoms with Crippen LogP contribution in [0.25, 0.3) is 0 Å². The van der Waals surface area contributed by atoms with Gasteiger partial charge in [-0.2, -0.15) is 0 Å². The molecule has 1 aliphatic rings. The Bertz CT molecular complexity index is 682. The number of benzene rings is 2. The number of carbonyl (C=O) groups is 1. The Balaban J connectivity index is 1.65. The summed E-state index contributed by atoms with van der Waals surface area (Å²) >= 11 is 0. The molecule has 1 fully saturated rings. The first-order valence-electron chi connectivity index (χ1n) is 9.27. The normalized spacial score (nSPS) is 16.0. The lowest BCUT2D eigenvalue weighted by Crippen LogP contribution is -2.44. The fraction of sp³-hybridized carbons (Fsp3) is 0.381. The molecule has 3 rings (SSSR count). The standard InChI is InChI=1S/C21H27N3O2/c1-2-17-8-10-18(11-9-17)20(24-12-14-26-15-13-24)16-22-21(25)23-19-6-4-3-5-7-19/h3-11,20H,2,12-16H2,1H3,(H2,22,23,25). The van der Waals surface area contributed by atoms with E-state index in [0.717, 1.165) is 38.4 Å². The van der Waals surface area contributed by atoms with Gasteiger partial charge < -0.3 is 15.4 Å². The Morgan fingerprint density at radius 1 is 1.08 bits per heavy atom. The van der Waals surface area contributed by atoms with E-state index in [-0.39, 0.29) is 12.1 Å². The number of morpholine rings is 1. The smallest absolute Gasteiger partial charge is 0.319 e. The molecule has 1 heterocycles. The van der Waals surface area contributed by atoms with Crippen molar-refractivity contribution in [2.45, 2.75) is 19.4 Å². The molecule has 1 saturated heterocycles. The molecule has 1 atom stereocenters. The van der Waals surface area contributed by atoms with Gasteiger partial charge in [-0.25, -0.2) is 4.79 Å². The Kier molecular flexibility index (Phi) is 6.63. The molecule has 0 aliphatic carbocycles. The van der Waals surface area contributed by atoms with Gasteiger partial charge in [0.15, 0.2) is 0 Å². The van der Waals surface area contributed by atoms with Gasteiger partial charge in [0, 0.05) is 25.3 Å². The number of rotatable bonds is 6. The summed E-state index contributed by atoms with van der Waals surface area (Å²) in [7, 11) is 0. The molecule has 0 bridgehead atoms. The number of anilines is 1. The maximum absolute atomic E-state index is 12.3. The van der Waals surface area contributed by atoms with Gasteiger partial charge in [-0.3, -0.25) is 4.90 Å². The van der Waals surface area contributed by atoms with Gasteiger partial charge in [0.05, 0.1) is 19.3 Å². The molecule has 0 spiro atoms. The maximum atomic E-state index is 12.3. The zero-order chi connectivity index (χ0) is 18.2. The van der Waals surface area contributed by atoms with E-state index in [4.69, 9.17) is 4.74 Å². The first-order chi connectivity index (χ1) is 12.8. The maximum Gasteiger partial charge on any atom is 0.319 e. The fourth-order valence-corrected chi connectivity index (χ4v) is 3.21. The lowest BCUT2D eigenvalue weighted by molar-refractivity contribution is 0.0168. The number of carbonyl (C=O) groups excluding carboxylic acids is 1. The molecule has 138 valence electrons. The van der Waals surface area contributed by atoms with Gasteiger partial charge in [-0.05, 0) is 29.7 Å². The van der Waals surface area contributed by atoms with Crippen LogP contribution >= 0.6 is 0 Å². The van der Waals surface area contributed by atoms with E-state index >= 15 is 0 Å². The Morgan fingerprint density at radius 2 is 1.77 bits per heavy atom. The summed E-state index contributed by atoms with van der Waals surface area (Å²) in [5.74, 6) is 0. The fourth-order valence-electron chi connectivity index (χ4n) is 3.21. The molecule has 5 nitrogen and oxygen atoms in total. The van der Waals surface area contributed by atoms with Crippen LogP contribution in [0.1, 0.15) is 24.1 Å². The van der Waals surface area contributed by atoms with Gasteiger partial charge in [0.25, 0.3) is 0 Å². The molecule has 26 heavy (non-hydrogen) atoms. The van der Waals surface area contributed by atoms with E-state index in [1.165, 1.54) is 11.1 Å². The van der Waals surface area contributed by atoms with Crippen LogP contribution < -0.4 is 10.6 Å². The summed E-state index contributed by atoms with van der Waals surface area (Å²) in [6, 6.07) is 18.2. The number of urea groups is 1. The van der Waals surface area contributed by atoms with Crippen molar-refractivity contribution in [3.63, 3.8) is 0 Å². The Hall–Kier alpha value is -2.37. The number of amides is 2. The van der Waals surface area contributed by atoms with Crippen LogP contribution in [-0.4, -0.2) is 43.8 Å². The monoisotopic (exact) mass is 353 g/mol. The van der Waals surface area contributed by atoms with Gasteiger partial charge in [-0.15, -0.1) is 0 Å². The highest BCUT2D eigenvalue weighted by Gasteiger charge is 2.23. The van der Waals surface area contributed by atoms with E-state index in [1.54, 1.807) is 0 Å². The molecule has 2 amide bonds. The summed E-state index contributed by atoms with van der Waals surface area (Å²) in [4.78, 5) is 14.6. The van der Waals surface area contributed by atoms with Crippen molar-refractivity contribution in [1.29, 1.82) is 0 Å². The first kappa shape index (κ1) is 18.4. The molecular weight excluding hydrogens is 326 g/mol. The quantitative estimate of drug-likeness (QED) is 0.836. The van der Waals surface area contributed by atoms with Gasteiger partial charge >= 0.3 is 6.03 Å². The second-order valence-electron chi connectivity index (χ2n) is 6.46. The molecule has 2 N–H and O–H groups in total. The zero-order valence-corrected chi connectivity index (χ0v) is 15.3. The van der Waals surface area contributed by atoms with Gasteiger partial charge in [0.1, 0.15) is 0 Å². The number of hydrogen-bond donors (Lipinski definition) is 2. The molecule has 1 unspecified atom stereocenters. The largest absolute Gasteiger partial charge is 0.379 e. The van der Waals surface area contributed by atoms with Crippen LogP contribution in [0.2, 0.25) is 0 Å². The van der Waals surface area contributed by atoms with Crippen molar-refractivity contribution < 1.29 is 9.53 Å². The predicted molar refractivity (Wildman–Crippen MR) is 104 cm³/mol. The number of nitrogens with zero attached hydrogens (tertiary/aromatic N) is 1. The number of para-hydroxylation sites is 1. The predicted octanol–water partition coefficient (Wildman–Crippen LogP) is 3.44. The van der Waals surface area contributed by atoms with Crippen molar-refractivity contribution >= 4 is 11.7 Å². The van der Waals surface area contributed by atoms with Crippen LogP contribution in [0.15, 0.2) is 54.6 Å². The van der Waals surface area contributed by atoms with Crippen molar-refractivity contribution in [2.24, 2.45) is 0 Å². The van der Waals surface area contributed by atoms with Crippen LogP contribution in [-0.2, 0) is 11.2 Å². The van der Waals surface area contributed by atoms with Crippen molar-refractivity contribution in [3.05, 3.63) is 65.7 Å². The highest BCUT2D eigenvalue weighted by atomic mass is 16.5. The number of aryl methyl sites for hydroxylation is 1. The van der Waals surface area contributed by atoms with Crippen LogP contribution in [0.3, 0.4) is 0 Å². The van der Waals surface area contributed by atoms with E-state index < -0.39 is 0 Å². The average Bonchev–Trinajstić information content (AvgIpc) is 2.70. The first-order valence-corrected chi connectivity index (χ1v) is 9.27. The van der Waals surface area contributed by atoms with Crippen molar-refractivity contribution in [3.8, 4) is 0 Å². The second kappa shape index (κ2) is 9.36. The minimum Gasteiger partial charge on any atom is -0.379 e. The molecular formula is C21H27N3O2. The molecule has 0 radical (unpaired) electrons. The lowest BCUT2D eigenvalue weighted by Gasteiger charge is -2.35. The molecule has 0 saturated carbocycles. The van der Waals surface area contributed by atoms with Crippen molar-refractivity contribution in [2.75, 3.05) is 38.2 Å².